The van der Waals surface area contributed by atoms with Gasteiger partial charge in [0.15, 0.2) is 0 Å². The molecular weight excluding hydrogens is 192 g/mol. The van der Waals surface area contributed by atoms with Crippen LogP contribution in [0.25, 0.3) is 0 Å². The van der Waals surface area contributed by atoms with Gasteiger partial charge in [0.1, 0.15) is 0 Å². The van der Waals surface area contributed by atoms with Crippen LogP contribution in [0.15, 0.2) is 18.2 Å². The summed E-state index contributed by atoms with van der Waals surface area (Å²) in [5, 5.41) is 0.832. The van der Waals surface area contributed by atoms with Crippen molar-refractivity contribution in [3.8, 4) is 0 Å². The normalized spacial score (nSPS) is 10.9. The van der Waals surface area contributed by atoms with Crippen LogP contribution in [0.2, 0.25) is 5.02 Å². The van der Waals surface area contributed by atoms with Crippen LogP contribution >= 0.6 is 11.6 Å². The number of rotatable bonds is 4. The second-order valence-corrected chi connectivity index (χ2v) is 4.10. The SMILES string of the molecule is CCC[C](CC)c1ccc(Cl)cc1C. The van der Waals surface area contributed by atoms with Gasteiger partial charge >= 0.3 is 0 Å². The first-order valence-corrected chi connectivity index (χ1v) is 5.68. The summed E-state index contributed by atoms with van der Waals surface area (Å²) in [6.45, 7) is 6.58. The van der Waals surface area contributed by atoms with Crippen molar-refractivity contribution in [2.24, 2.45) is 0 Å². The van der Waals surface area contributed by atoms with Crippen LogP contribution in [0.4, 0.5) is 0 Å². The van der Waals surface area contributed by atoms with Crippen molar-refractivity contribution in [2.75, 3.05) is 0 Å². The predicted molar refractivity (Wildman–Crippen MR) is 63.7 cm³/mol. The minimum absolute atomic E-state index is 0.832. The van der Waals surface area contributed by atoms with Crippen LogP contribution in [-0.2, 0) is 0 Å². The Morgan fingerprint density at radius 2 is 2.00 bits per heavy atom. The highest BCUT2D eigenvalue weighted by Crippen LogP contribution is 2.27. The topological polar surface area (TPSA) is 0 Å². The molecule has 0 amide bonds. The Labute approximate surface area is 92.3 Å². The molecule has 0 unspecified atom stereocenters. The fourth-order valence-corrected chi connectivity index (χ4v) is 2.05. The van der Waals surface area contributed by atoms with E-state index < -0.39 is 0 Å². The Morgan fingerprint density at radius 3 is 2.50 bits per heavy atom. The molecule has 0 bridgehead atoms. The molecule has 0 saturated carbocycles. The monoisotopic (exact) mass is 209 g/mol. The highest BCUT2D eigenvalue weighted by molar-refractivity contribution is 6.30. The van der Waals surface area contributed by atoms with Crippen molar-refractivity contribution >= 4 is 11.6 Å². The lowest BCUT2D eigenvalue weighted by molar-refractivity contribution is 0.766. The second-order valence-electron chi connectivity index (χ2n) is 3.67. The molecule has 0 spiro atoms. The molecule has 0 N–H and O–H groups in total. The fraction of sp³-hybridized carbons (Fsp3) is 0.462. The van der Waals surface area contributed by atoms with Crippen molar-refractivity contribution in [3.63, 3.8) is 0 Å². The van der Waals surface area contributed by atoms with E-state index in [-0.39, 0.29) is 0 Å². The summed E-state index contributed by atoms with van der Waals surface area (Å²) in [7, 11) is 0. The smallest absolute Gasteiger partial charge is 0.0408 e. The lowest BCUT2D eigenvalue weighted by Gasteiger charge is -2.16. The number of aryl methyl sites for hydroxylation is 1. The summed E-state index contributed by atoms with van der Waals surface area (Å²) < 4.78 is 0. The summed E-state index contributed by atoms with van der Waals surface area (Å²) in [5.41, 5.74) is 2.68. The predicted octanol–water partition coefficient (Wildman–Crippen LogP) is 4.78. The number of hydrogen-bond donors (Lipinski definition) is 0. The van der Waals surface area contributed by atoms with Crippen LogP contribution in [0.1, 0.15) is 44.2 Å². The van der Waals surface area contributed by atoms with Gasteiger partial charge in [0.2, 0.25) is 0 Å². The summed E-state index contributed by atoms with van der Waals surface area (Å²) in [6.07, 6.45) is 3.54. The third-order valence-electron chi connectivity index (χ3n) is 2.55. The zero-order valence-electron chi connectivity index (χ0n) is 9.23. The van der Waals surface area contributed by atoms with Gasteiger partial charge in [-0.2, -0.15) is 0 Å². The lowest BCUT2D eigenvalue weighted by Crippen LogP contribution is -2.00. The molecule has 1 radical (unpaired) electrons. The Balaban J connectivity index is 2.92. The fourth-order valence-electron chi connectivity index (χ4n) is 1.83. The van der Waals surface area contributed by atoms with E-state index in [1.165, 1.54) is 24.0 Å². The standard InChI is InChI=1S/C13H18Cl/c1-4-6-11(5-2)13-8-7-12(14)9-10(13)3/h7-9H,4-6H2,1-3H3. The Bertz CT molecular complexity index is 291. The van der Waals surface area contributed by atoms with Crippen LogP contribution in [0.3, 0.4) is 0 Å². The highest BCUT2D eigenvalue weighted by atomic mass is 35.5. The molecule has 14 heavy (non-hydrogen) atoms. The van der Waals surface area contributed by atoms with Gasteiger partial charge in [0, 0.05) is 10.9 Å². The molecule has 0 aliphatic rings. The molecule has 1 heteroatoms. The third kappa shape index (κ3) is 2.75. The van der Waals surface area contributed by atoms with Crippen molar-refractivity contribution in [2.45, 2.75) is 40.0 Å². The molecule has 1 aromatic rings. The van der Waals surface area contributed by atoms with Crippen molar-refractivity contribution in [3.05, 3.63) is 40.3 Å². The summed E-state index contributed by atoms with van der Waals surface area (Å²) in [4.78, 5) is 0. The van der Waals surface area contributed by atoms with Gasteiger partial charge < -0.3 is 0 Å². The second kappa shape index (κ2) is 5.41. The van der Waals surface area contributed by atoms with Gasteiger partial charge in [-0.1, -0.05) is 37.9 Å². The van der Waals surface area contributed by atoms with E-state index in [9.17, 15) is 0 Å². The molecule has 77 valence electrons. The van der Waals surface area contributed by atoms with Gasteiger partial charge in [-0.25, -0.2) is 0 Å². The zero-order valence-corrected chi connectivity index (χ0v) is 9.99. The van der Waals surface area contributed by atoms with Crippen molar-refractivity contribution in [1.29, 1.82) is 0 Å². The Kier molecular flexibility index (Phi) is 4.47. The number of hydrogen-bond acceptors (Lipinski definition) is 0. The summed E-state index contributed by atoms with van der Waals surface area (Å²) >= 11 is 5.93. The molecule has 0 aromatic heterocycles. The van der Waals surface area contributed by atoms with Gasteiger partial charge in [-0.3, -0.25) is 0 Å². The first kappa shape index (κ1) is 11.6. The van der Waals surface area contributed by atoms with E-state index >= 15 is 0 Å². The van der Waals surface area contributed by atoms with E-state index in [0.29, 0.717) is 0 Å². The van der Waals surface area contributed by atoms with Gasteiger partial charge in [-0.15, -0.1) is 0 Å². The van der Waals surface area contributed by atoms with Crippen LogP contribution < -0.4 is 0 Å². The molecule has 0 fully saturated rings. The Hall–Kier alpha value is -0.490. The zero-order chi connectivity index (χ0) is 10.6. The quantitative estimate of drug-likeness (QED) is 0.670. The molecule has 0 atom stereocenters. The highest BCUT2D eigenvalue weighted by Gasteiger charge is 2.11. The molecular formula is C13H18Cl. The molecule has 0 aliphatic carbocycles. The van der Waals surface area contributed by atoms with E-state index in [0.717, 1.165) is 11.4 Å². The van der Waals surface area contributed by atoms with Crippen molar-refractivity contribution in [1.82, 2.24) is 0 Å². The lowest BCUT2D eigenvalue weighted by atomic mass is 9.89. The maximum absolute atomic E-state index is 5.93. The van der Waals surface area contributed by atoms with Gasteiger partial charge in [0.25, 0.3) is 0 Å². The molecule has 0 saturated heterocycles. The van der Waals surface area contributed by atoms with Crippen LogP contribution in [-0.4, -0.2) is 0 Å². The van der Waals surface area contributed by atoms with Crippen LogP contribution in [0.5, 0.6) is 0 Å². The largest absolute Gasteiger partial charge is 0.0843 e. The molecule has 0 nitrogen and oxygen atoms in total. The Morgan fingerprint density at radius 1 is 1.29 bits per heavy atom. The molecule has 0 heterocycles. The molecule has 1 rings (SSSR count). The number of halogens is 1. The minimum atomic E-state index is 0.832. The van der Waals surface area contributed by atoms with Gasteiger partial charge in [-0.05, 0) is 43.0 Å². The van der Waals surface area contributed by atoms with Crippen LogP contribution in [0, 0.1) is 12.8 Å². The minimum Gasteiger partial charge on any atom is -0.0843 e. The maximum Gasteiger partial charge on any atom is 0.0408 e. The van der Waals surface area contributed by atoms with E-state index in [1.54, 1.807) is 5.92 Å². The third-order valence-corrected chi connectivity index (χ3v) is 2.78. The maximum atomic E-state index is 5.93. The number of benzene rings is 1. The first-order valence-electron chi connectivity index (χ1n) is 5.30. The summed E-state index contributed by atoms with van der Waals surface area (Å²) in [5.74, 6) is 1.54. The van der Waals surface area contributed by atoms with Gasteiger partial charge in [0.05, 0.1) is 0 Å². The molecule has 0 aliphatic heterocycles. The first-order chi connectivity index (χ1) is 6.69. The van der Waals surface area contributed by atoms with E-state index in [2.05, 4.69) is 26.8 Å². The van der Waals surface area contributed by atoms with E-state index in [4.69, 9.17) is 11.6 Å². The summed E-state index contributed by atoms with van der Waals surface area (Å²) in [6, 6.07) is 6.17. The average Bonchev–Trinajstić information content (AvgIpc) is 2.15. The van der Waals surface area contributed by atoms with E-state index in [1.807, 2.05) is 12.1 Å². The molecule has 1 aromatic carbocycles. The average molecular weight is 210 g/mol. The van der Waals surface area contributed by atoms with Crippen molar-refractivity contribution < 1.29 is 0 Å².